The molecule has 2 aliphatic rings. The molecule has 0 bridgehead atoms. The zero-order valence-electron chi connectivity index (χ0n) is 33.7. The predicted octanol–water partition coefficient (Wildman–Crippen LogP) is 14.0. The molecule has 284 valence electrons. The second-order valence-corrected chi connectivity index (χ2v) is 22.2. The third-order valence-corrected chi connectivity index (χ3v) is 18.2. The SMILES string of the molecule is CC(C)(C)OCCCCCC[Si](C)(C1c2ccccc2-c2c1c1ccccc1n2-c1ccccc1)C1c2ccccc2-c2c1c1ccccc1n2-c1ccccc1. The van der Waals surface area contributed by atoms with E-state index in [-0.39, 0.29) is 5.60 Å². The van der Waals surface area contributed by atoms with E-state index in [1.165, 1.54) is 92.1 Å². The number of aromatic nitrogens is 2. The maximum atomic E-state index is 6.16. The minimum absolute atomic E-state index is 0.0928. The zero-order valence-corrected chi connectivity index (χ0v) is 34.7. The van der Waals surface area contributed by atoms with Gasteiger partial charge in [-0.2, -0.15) is 0 Å². The summed E-state index contributed by atoms with van der Waals surface area (Å²) in [4.78, 5) is 0. The van der Waals surface area contributed by atoms with Crippen molar-refractivity contribution in [2.75, 3.05) is 6.61 Å². The summed E-state index contributed by atoms with van der Waals surface area (Å²) in [5.41, 5.74) is 17.3. The van der Waals surface area contributed by atoms with Gasteiger partial charge in [0.15, 0.2) is 0 Å². The molecule has 0 saturated heterocycles. The Labute approximate surface area is 338 Å². The summed E-state index contributed by atoms with van der Waals surface area (Å²) in [5, 5.41) is 2.79. The number of nitrogens with zero attached hydrogens (tertiary/aromatic N) is 2. The first kappa shape index (κ1) is 36.0. The van der Waals surface area contributed by atoms with Crippen LogP contribution in [0, 0.1) is 0 Å². The molecule has 0 radical (unpaired) electrons. The Morgan fingerprint density at radius 2 is 0.912 bits per heavy atom. The lowest BCUT2D eigenvalue weighted by Crippen LogP contribution is -2.45. The summed E-state index contributed by atoms with van der Waals surface area (Å²) in [6.45, 7) is 10.1. The number of para-hydroxylation sites is 4. The standard InChI is InChI=1S/C53H52N2OSi/c1-53(2,3)56-35-21-5-6-22-36-57(4,51-41-29-15-13-27-39(41)49-47(51)43-31-17-19-33-45(43)54(49)37-23-9-7-10-24-37)52-42-30-16-14-28-40(42)50-48(52)44-32-18-20-34-46(44)55(50)38-25-11-8-12-26-38/h7-20,23-34,51-52H,5-6,21-22,35-36H2,1-4H3. The van der Waals surface area contributed by atoms with Crippen LogP contribution in [0.25, 0.3) is 55.7 Å². The summed E-state index contributed by atoms with van der Waals surface area (Å²) >= 11 is 0. The van der Waals surface area contributed by atoms with E-state index in [1.54, 1.807) is 11.1 Å². The minimum atomic E-state index is -2.45. The molecule has 2 aromatic heterocycles. The van der Waals surface area contributed by atoms with Crippen LogP contribution in [0.5, 0.6) is 0 Å². The van der Waals surface area contributed by atoms with Gasteiger partial charge in [0.05, 0.1) is 36.1 Å². The lowest BCUT2D eigenvalue weighted by molar-refractivity contribution is -0.00471. The molecule has 0 spiro atoms. The van der Waals surface area contributed by atoms with Gasteiger partial charge >= 0.3 is 0 Å². The molecule has 10 rings (SSSR count). The molecule has 57 heavy (non-hydrogen) atoms. The largest absolute Gasteiger partial charge is 0.376 e. The third kappa shape index (κ3) is 5.87. The Morgan fingerprint density at radius 3 is 1.40 bits per heavy atom. The number of rotatable bonds is 11. The first-order valence-electron chi connectivity index (χ1n) is 21.1. The predicted molar refractivity (Wildman–Crippen MR) is 242 cm³/mol. The highest BCUT2D eigenvalue weighted by molar-refractivity contribution is 6.83. The van der Waals surface area contributed by atoms with E-state index in [9.17, 15) is 0 Å². The van der Waals surface area contributed by atoms with Gasteiger partial charge in [-0.25, -0.2) is 0 Å². The first-order chi connectivity index (χ1) is 27.9. The Balaban J connectivity index is 1.21. The van der Waals surface area contributed by atoms with Crippen LogP contribution in [0.1, 0.15) is 79.8 Å². The van der Waals surface area contributed by atoms with Crippen molar-refractivity contribution < 1.29 is 4.74 Å². The van der Waals surface area contributed by atoms with Crippen molar-refractivity contribution >= 4 is 29.9 Å². The summed E-state index contributed by atoms with van der Waals surface area (Å²) in [7, 11) is -2.45. The van der Waals surface area contributed by atoms with Gasteiger partial charge in [0.2, 0.25) is 0 Å². The second-order valence-electron chi connectivity index (χ2n) is 17.6. The summed E-state index contributed by atoms with van der Waals surface area (Å²) in [6, 6.07) is 60.7. The number of hydrogen-bond donors (Lipinski definition) is 0. The molecule has 2 heterocycles. The van der Waals surface area contributed by atoms with Gasteiger partial charge in [0.25, 0.3) is 0 Å². The van der Waals surface area contributed by atoms with Gasteiger partial charge in [-0.3, -0.25) is 0 Å². The normalized spacial score (nSPS) is 16.7. The molecule has 0 aliphatic heterocycles. The molecule has 0 amide bonds. The van der Waals surface area contributed by atoms with Crippen molar-refractivity contribution in [3.05, 3.63) is 180 Å². The number of hydrogen-bond acceptors (Lipinski definition) is 1. The summed E-state index contributed by atoms with van der Waals surface area (Å²) in [5.74, 6) is 0. The Bertz CT molecular complexity index is 2560. The minimum Gasteiger partial charge on any atom is -0.376 e. The molecule has 2 unspecified atom stereocenters. The highest BCUT2D eigenvalue weighted by atomic mass is 28.3. The van der Waals surface area contributed by atoms with Crippen molar-refractivity contribution in [3.8, 4) is 33.9 Å². The van der Waals surface area contributed by atoms with Crippen molar-refractivity contribution in [1.82, 2.24) is 9.13 Å². The highest BCUT2D eigenvalue weighted by Gasteiger charge is 2.54. The second kappa shape index (κ2) is 14.2. The number of ether oxygens (including phenoxy) is 1. The summed E-state index contributed by atoms with van der Waals surface area (Å²) in [6.07, 6.45) is 4.74. The molecule has 3 nitrogen and oxygen atoms in total. The van der Waals surface area contributed by atoms with Crippen LogP contribution < -0.4 is 0 Å². The van der Waals surface area contributed by atoms with Crippen molar-refractivity contribution in [2.45, 2.75) is 75.7 Å². The molecule has 8 aromatic rings. The number of fused-ring (bicyclic) bond motifs is 10. The van der Waals surface area contributed by atoms with Crippen LogP contribution in [0.2, 0.25) is 12.6 Å². The maximum Gasteiger partial charge on any atom is 0.0763 e. The fourth-order valence-electron chi connectivity index (χ4n) is 10.7. The summed E-state index contributed by atoms with van der Waals surface area (Å²) < 4.78 is 11.3. The Kier molecular flexibility index (Phi) is 8.95. The van der Waals surface area contributed by atoms with Gasteiger partial charge in [-0.15, -0.1) is 0 Å². The fourth-order valence-corrected chi connectivity index (χ4v) is 16.5. The Hall–Kier alpha value is -5.42. The fraction of sp³-hybridized carbons (Fsp3) is 0.245. The van der Waals surface area contributed by atoms with Crippen LogP contribution in [-0.2, 0) is 4.74 Å². The zero-order chi connectivity index (χ0) is 38.7. The topological polar surface area (TPSA) is 19.1 Å². The maximum absolute atomic E-state index is 6.16. The molecule has 0 N–H and O–H groups in total. The van der Waals surface area contributed by atoms with Crippen LogP contribution in [-0.4, -0.2) is 29.4 Å². The van der Waals surface area contributed by atoms with E-state index in [0.29, 0.717) is 11.1 Å². The highest BCUT2D eigenvalue weighted by Crippen LogP contribution is 2.62. The van der Waals surface area contributed by atoms with E-state index in [1.807, 2.05) is 0 Å². The van der Waals surface area contributed by atoms with Crippen molar-refractivity contribution in [2.24, 2.45) is 0 Å². The average molecular weight is 761 g/mol. The molecule has 6 aromatic carbocycles. The van der Waals surface area contributed by atoms with Crippen LogP contribution in [0.4, 0.5) is 0 Å². The van der Waals surface area contributed by atoms with Crippen LogP contribution in [0.3, 0.4) is 0 Å². The lowest BCUT2D eigenvalue weighted by atomic mass is 10.1. The van der Waals surface area contributed by atoms with Gasteiger partial charge in [0, 0.05) is 51.0 Å². The van der Waals surface area contributed by atoms with Crippen LogP contribution in [0.15, 0.2) is 158 Å². The van der Waals surface area contributed by atoms with E-state index < -0.39 is 8.07 Å². The lowest BCUT2D eigenvalue weighted by Gasteiger charge is -2.41. The molecular formula is C53H52N2OSi. The van der Waals surface area contributed by atoms with Crippen LogP contribution >= 0.6 is 0 Å². The van der Waals surface area contributed by atoms with Crippen molar-refractivity contribution in [3.63, 3.8) is 0 Å². The molecule has 4 heteroatoms. The molecule has 2 aliphatic carbocycles. The molecule has 0 fully saturated rings. The number of unbranched alkanes of at least 4 members (excludes halogenated alkanes) is 3. The van der Waals surface area contributed by atoms with Gasteiger partial charge in [-0.05, 0) is 85.8 Å². The monoisotopic (exact) mass is 760 g/mol. The van der Waals surface area contributed by atoms with E-state index in [0.717, 1.165) is 13.0 Å². The van der Waals surface area contributed by atoms with E-state index >= 15 is 0 Å². The first-order valence-corrected chi connectivity index (χ1v) is 23.9. The van der Waals surface area contributed by atoms with Crippen molar-refractivity contribution in [1.29, 1.82) is 0 Å². The smallest absolute Gasteiger partial charge is 0.0763 e. The molecule has 2 atom stereocenters. The van der Waals surface area contributed by atoms with E-state index in [4.69, 9.17) is 4.74 Å². The van der Waals surface area contributed by atoms with Gasteiger partial charge in [-0.1, -0.05) is 153 Å². The van der Waals surface area contributed by atoms with E-state index in [2.05, 4.69) is 194 Å². The molecular weight excluding hydrogens is 709 g/mol. The third-order valence-electron chi connectivity index (χ3n) is 13.0. The average Bonchev–Trinajstić information content (AvgIpc) is 3.96. The van der Waals surface area contributed by atoms with Gasteiger partial charge < -0.3 is 13.9 Å². The van der Waals surface area contributed by atoms with Gasteiger partial charge in [0.1, 0.15) is 0 Å². The molecule has 0 saturated carbocycles. The number of benzene rings is 6. The Morgan fingerprint density at radius 1 is 0.491 bits per heavy atom. The quantitative estimate of drug-likeness (QED) is 0.0949.